The highest BCUT2D eigenvalue weighted by Crippen LogP contribution is 2.72. The second-order valence-corrected chi connectivity index (χ2v) is 5.33. The molecule has 1 rings (SSSR count). The number of alkyl halides is 1. The Morgan fingerprint density at radius 2 is 1.83 bits per heavy atom. The molecule has 12 heavy (non-hydrogen) atoms. The predicted molar refractivity (Wildman–Crippen MR) is 55.6 cm³/mol. The summed E-state index contributed by atoms with van der Waals surface area (Å²) in [4.78, 5) is 0. The third-order valence-electron chi connectivity index (χ3n) is 4.69. The van der Waals surface area contributed by atoms with Gasteiger partial charge >= 0.3 is 0 Å². The molecule has 0 bridgehead atoms. The lowest BCUT2D eigenvalue weighted by molar-refractivity contribution is 0.276. The fourth-order valence-electron chi connectivity index (χ4n) is 2.89. The minimum Gasteiger partial charge on any atom is -0.126 e. The summed E-state index contributed by atoms with van der Waals surface area (Å²) in [6.07, 6.45) is 1.27. The highest BCUT2D eigenvalue weighted by molar-refractivity contribution is 6.18. The summed E-state index contributed by atoms with van der Waals surface area (Å²) < 4.78 is 0. The maximum Gasteiger partial charge on any atom is 0.0262 e. The van der Waals surface area contributed by atoms with E-state index in [0.717, 1.165) is 17.7 Å². The largest absolute Gasteiger partial charge is 0.126 e. The van der Waals surface area contributed by atoms with Crippen LogP contribution in [0.15, 0.2) is 0 Å². The van der Waals surface area contributed by atoms with Crippen LogP contribution < -0.4 is 0 Å². The van der Waals surface area contributed by atoms with Gasteiger partial charge in [0, 0.05) is 5.88 Å². The van der Waals surface area contributed by atoms with Crippen molar-refractivity contribution in [3.8, 4) is 0 Å². The number of hydrogen-bond donors (Lipinski definition) is 0. The molecule has 0 aromatic rings. The molecule has 0 aliphatic heterocycles. The molecule has 0 aromatic heterocycles. The van der Waals surface area contributed by atoms with Gasteiger partial charge in [0.05, 0.1) is 0 Å². The lowest BCUT2D eigenvalue weighted by Gasteiger charge is -2.21. The third kappa shape index (κ3) is 1.04. The average molecular weight is 189 g/mol. The maximum atomic E-state index is 5.97. The smallest absolute Gasteiger partial charge is 0.0262 e. The van der Waals surface area contributed by atoms with Crippen LogP contribution in [0.2, 0.25) is 0 Å². The van der Waals surface area contributed by atoms with E-state index in [1.807, 2.05) is 0 Å². The van der Waals surface area contributed by atoms with E-state index in [1.54, 1.807) is 0 Å². The van der Waals surface area contributed by atoms with E-state index in [2.05, 4.69) is 34.6 Å². The lowest BCUT2D eigenvalue weighted by atomic mass is 9.83. The number of halogens is 1. The topological polar surface area (TPSA) is 0 Å². The van der Waals surface area contributed by atoms with Gasteiger partial charge in [-0.15, -0.1) is 11.6 Å². The fraction of sp³-hybridized carbons (Fsp3) is 1.00. The van der Waals surface area contributed by atoms with Crippen molar-refractivity contribution in [2.24, 2.45) is 22.7 Å². The molecule has 1 aliphatic rings. The van der Waals surface area contributed by atoms with Gasteiger partial charge in [0.15, 0.2) is 0 Å². The van der Waals surface area contributed by atoms with Crippen LogP contribution in [0.25, 0.3) is 0 Å². The molecule has 0 radical (unpaired) electrons. The molecule has 0 N–H and O–H groups in total. The molecule has 0 aromatic carbocycles. The molecule has 0 heterocycles. The zero-order valence-electron chi connectivity index (χ0n) is 8.95. The van der Waals surface area contributed by atoms with E-state index in [0.29, 0.717) is 10.8 Å². The lowest BCUT2D eigenvalue weighted by Crippen LogP contribution is -2.14. The second-order valence-electron chi connectivity index (χ2n) is 5.02. The van der Waals surface area contributed by atoms with Crippen molar-refractivity contribution >= 4 is 11.6 Å². The van der Waals surface area contributed by atoms with Gasteiger partial charge in [-0.2, -0.15) is 0 Å². The number of rotatable bonds is 3. The van der Waals surface area contributed by atoms with Gasteiger partial charge in [-0.3, -0.25) is 0 Å². The van der Waals surface area contributed by atoms with Crippen molar-refractivity contribution in [2.75, 3.05) is 5.88 Å². The third-order valence-corrected chi connectivity index (χ3v) is 5.00. The summed E-state index contributed by atoms with van der Waals surface area (Å²) in [6.45, 7) is 11.7. The zero-order valence-corrected chi connectivity index (χ0v) is 9.70. The molecule has 1 heteroatoms. The van der Waals surface area contributed by atoms with E-state index in [9.17, 15) is 0 Å². The molecule has 1 fully saturated rings. The Bertz CT molecular complexity index is 174. The van der Waals surface area contributed by atoms with Crippen LogP contribution >= 0.6 is 11.6 Å². The van der Waals surface area contributed by atoms with Gasteiger partial charge in [-0.25, -0.2) is 0 Å². The summed E-state index contributed by atoms with van der Waals surface area (Å²) in [7, 11) is 0. The zero-order chi connectivity index (χ0) is 9.57. The van der Waals surface area contributed by atoms with Crippen molar-refractivity contribution < 1.29 is 0 Å². The summed E-state index contributed by atoms with van der Waals surface area (Å²) in [5.41, 5.74) is 0.952. The van der Waals surface area contributed by atoms with Gasteiger partial charge in [0.1, 0.15) is 0 Å². The molecular weight excluding hydrogens is 168 g/mol. The van der Waals surface area contributed by atoms with Crippen LogP contribution in [0.3, 0.4) is 0 Å². The minimum absolute atomic E-state index is 0.462. The molecule has 1 saturated carbocycles. The standard InChI is InChI=1S/C11H21Cl/c1-6-8(2)11(5)9(7-12)10(11,3)4/h8-9H,6-7H2,1-5H3. The Morgan fingerprint density at radius 1 is 1.33 bits per heavy atom. The predicted octanol–water partition coefficient (Wildman–Crippen LogP) is 3.93. The first kappa shape index (κ1) is 10.4. The molecule has 0 nitrogen and oxygen atoms in total. The van der Waals surface area contributed by atoms with E-state index >= 15 is 0 Å². The number of hydrogen-bond acceptors (Lipinski definition) is 0. The van der Waals surface area contributed by atoms with Crippen LogP contribution in [0.1, 0.15) is 41.0 Å². The van der Waals surface area contributed by atoms with Gasteiger partial charge in [-0.05, 0) is 22.7 Å². The van der Waals surface area contributed by atoms with Crippen LogP contribution in [0.4, 0.5) is 0 Å². The Hall–Kier alpha value is 0.290. The van der Waals surface area contributed by atoms with Crippen molar-refractivity contribution in [1.29, 1.82) is 0 Å². The molecule has 3 atom stereocenters. The van der Waals surface area contributed by atoms with Crippen molar-refractivity contribution in [3.63, 3.8) is 0 Å². The second kappa shape index (κ2) is 2.90. The molecule has 0 saturated heterocycles. The average Bonchev–Trinajstić information content (AvgIpc) is 2.46. The van der Waals surface area contributed by atoms with Crippen LogP contribution in [-0.4, -0.2) is 5.88 Å². The highest BCUT2D eigenvalue weighted by Gasteiger charge is 2.68. The quantitative estimate of drug-likeness (QED) is 0.589. The van der Waals surface area contributed by atoms with E-state index in [1.165, 1.54) is 6.42 Å². The Balaban J connectivity index is 2.76. The molecule has 72 valence electrons. The van der Waals surface area contributed by atoms with E-state index < -0.39 is 0 Å². The molecular formula is C11H21Cl. The Morgan fingerprint density at radius 3 is 2.08 bits per heavy atom. The first-order valence-corrected chi connectivity index (χ1v) is 5.52. The van der Waals surface area contributed by atoms with Crippen LogP contribution in [0, 0.1) is 22.7 Å². The van der Waals surface area contributed by atoms with Gasteiger partial charge < -0.3 is 0 Å². The minimum atomic E-state index is 0.462. The maximum absolute atomic E-state index is 5.97. The van der Waals surface area contributed by atoms with E-state index in [4.69, 9.17) is 11.6 Å². The monoisotopic (exact) mass is 188 g/mol. The van der Waals surface area contributed by atoms with Crippen LogP contribution in [-0.2, 0) is 0 Å². The van der Waals surface area contributed by atoms with Crippen LogP contribution in [0.5, 0.6) is 0 Å². The first-order valence-electron chi connectivity index (χ1n) is 4.98. The Labute approximate surface area is 81.7 Å². The molecule has 1 aliphatic carbocycles. The molecule has 3 unspecified atom stereocenters. The first-order chi connectivity index (χ1) is 5.42. The summed E-state index contributed by atoms with van der Waals surface area (Å²) in [6, 6.07) is 0. The molecule has 0 spiro atoms. The SMILES string of the molecule is CCC(C)C1(C)C(CCl)C1(C)C. The van der Waals surface area contributed by atoms with E-state index in [-0.39, 0.29) is 0 Å². The van der Waals surface area contributed by atoms with Crippen molar-refractivity contribution in [2.45, 2.75) is 41.0 Å². The summed E-state index contributed by atoms with van der Waals surface area (Å²) >= 11 is 5.97. The summed E-state index contributed by atoms with van der Waals surface area (Å²) in [5.74, 6) is 2.35. The normalized spacial score (nSPS) is 41.0. The van der Waals surface area contributed by atoms with Crippen molar-refractivity contribution in [3.05, 3.63) is 0 Å². The van der Waals surface area contributed by atoms with Gasteiger partial charge in [0.25, 0.3) is 0 Å². The van der Waals surface area contributed by atoms with Crippen molar-refractivity contribution in [1.82, 2.24) is 0 Å². The summed E-state index contributed by atoms with van der Waals surface area (Å²) in [5, 5.41) is 0. The molecule has 0 amide bonds. The Kier molecular flexibility index (Phi) is 2.51. The van der Waals surface area contributed by atoms with Gasteiger partial charge in [0.2, 0.25) is 0 Å². The highest BCUT2D eigenvalue weighted by atomic mass is 35.5. The van der Waals surface area contributed by atoms with Gasteiger partial charge in [-0.1, -0.05) is 41.0 Å². The fourth-order valence-corrected chi connectivity index (χ4v) is 3.60.